The summed E-state index contributed by atoms with van der Waals surface area (Å²) in [7, 11) is 2.39. The first-order chi connectivity index (χ1) is 9.03. The van der Waals surface area contributed by atoms with Gasteiger partial charge in [-0.3, -0.25) is 4.48 Å². The van der Waals surface area contributed by atoms with Crippen LogP contribution >= 0.6 is 0 Å². The second kappa shape index (κ2) is 3.40. The minimum absolute atomic E-state index is 0.257. The minimum Gasteiger partial charge on any atom is -0.348 e. The van der Waals surface area contributed by atoms with E-state index in [1.165, 1.54) is 36.3 Å². The number of allylic oxidation sites excluding steroid dienone is 2. The van der Waals surface area contributed by atoms with Crippen LogP contribution in [0.4, 0.5) is 0 Å². The minimum atomic E-state index is 0.257. The van der Waals surface area contributed by atoms with E-state index in [2.05, 4.69) is 43.1 Å². The van der Waals surface area contributed by atoms with E-state index < -0.39 is 0 Å². The summed E-state index contributed by atoms with van der Waals surface area (Å²) in [6, 6.07) is 0. The zero-order chi connectivity index (χ0) is 13.3. The monoisotopic (exact) mass is 256 g/mol. The van der Waals surface area contributed by atoms with E-state index >= 15 is 0 Å². The molecule has 3 aliphatic rings. The summed E-state index contributed by atoms with van der Waals surface area (Å²) >= 11 is 0. The number of quaternary nitrogens is 1. The molecule has 2 atom stereocenters. The van der Waals surface area contributed by atoms with Gasteiger partial charge in [0.05, 0.1) is 31.8 Å². The highest BCUT2D eigenvalue weighted by molar-refractivity contribution is 5.78. The molecule has 0 saturated carbocycles. The Hall–Kier alpha value is -1.35. The number of nitrogens with zero attached hydrogens (tertiary/aromatic N) is 2. The van der Waals surface area contributed by atoms with Gasteiger partial charge >= 0.3 is 0 Å². The van der Waals surface area contributed by atoms with Gasteiger partial charge in [0, 0.05) is 36.1 Å². The van der Waals surface area contributed by atoms with Crippen molar-refractivity contribution in [2.24, 2.45) is 5.92 Å². The molecule has 19 heavy (non-hydrogen) atoms. The molecule has 0 amide bonds. The average Bonchev–Trinajstić information content (AvgIpc) is 2.76. The molecular weight excluding hydrogens is 234 g/mol. The van der Waals surface area contributed by atoms with Crippen molar-refractivity contribution >= 4 is 5.57 Å². The van der Waals surface area contributed by atoms with Crippen LogP contribution in [0, 0.1) is 5.92 Å². The van der Waals surface area contributed by atoms with Crippen molar-refractivity contribution in [1.29, 1.82) is 0 Å². The molecule has 100 valence electrons. The van der Waals surface area contributed by atoms with Gasteiger partial charge in [0.25, 0.3) is 0 Å². The molecule has 1 aliphatic carbocycles. The molecule has 2 aliphatic heterocycles. The Bertz CT molecular complexity index is 605. The first-order valence-electron chi connectivity index (χ1n) is 7.33. The lowest BCUT2D eigenvalue weighted by molar-refractivity contribution is -0.911. The van der Waals surface area contributed by atoms with Gasteiger partial charge in [-0.15, -0.1) is 0 Å². The molecule has 3 nitrogen and oxygen atoms in total. The highest BCUT2D eigenvalue weighted by Crippen LogP contribution is 2.49. The summed E-state index contributed by atoms with van der Waals surface area (Å²) in [5.41, 5.74) is 5.85. The predicted molar refractivity (Wildman–Crippen MR) is 76.2 cm³/mol. The molecule has 0 radical (unpaired) electrons. The summed E-state index contributed by atoms with van der Waals surface area (Å²) in [6.45, 7) is 6.13. The fourth-order valence-electron chi connectivity index (χ4n) is 4.29. The van der Waals surface area contributed by atoms with Gasteiger partial charge in [0.2, 0.25) is 0 Å². The molecule has 1 N–H and O–H groups in total. The zero-order valence-electron chi connectivity index (χ0n) is 12.0. The van der Waals surface area contributed by atoms with Gasteiger partial charge in [-0.25, -0.2) is 4.98 Å². The smallest absolute Gasteiger partial charge is 0.104 e. The second-order valence-electron chi connectivity index (χ2n) is 6.99. The molecule has 0 aromatic carbocycles. The van der Waals surface area contributed by atoms with Crippen molar-refractivity contribution in [3.05, 3.63) is 35.6 Å². The fourth-order valence-corrected chi connectivity index (χ4v) is 4.29. The molecule has 0 spiro atoms. The SMILES string of the molecule is CC1(C)[C@@H]2Cc3[nH]cnc3C3=C2CCC[N@@+]1(C)C=C3. The highest BCUT2D eigenvalue weighted by atomic mass is 15.4. The summed E-state index contributed by atoms with van der Waals surface area (Å²) in [5.74, 6) is 0.637. The molecule has 3 heterocycles. The van der Waals surface area contributed by atoms with Crippen LogP contribution < -0.4 is 0 Å². The number of hydrogen-bond donors (Lipinski definition) is 1. The van der Waals surface area contributed by atoms with Crippen molar-refractivity contribution in [2.75, 3.05) is 13.6 Å². The third kappa shape index (κ3) is 1.29. The van der Waals surface area contributed by atoms with E-state index in [1.54, 1.807) is 5.57 Å². The Balaban J connectivity index is 2.02. The van der Waals surface area contributed by atoms with Crippen LogP contribution in [-0.4, -0.2) is 33.6 Å². The molecule has 3 heteroatoms. The van der Waals surface area contributed by atoms with Crippen LogP contribution in [0.25, 0.3) is 5.57 Å². The molecule has 1 aromatic rings. The molecule has 4 bridgehead atoms. The van der Waals surface area contributed by atoms with E-state index in [-0.39, 0.29) is 5.54 Å². The van der Waals surface area contributed by atoms with Gasteiger partial charge < -0.3 is 4.98 Å². The van der Waals surface area contributed by atoms with Crippen LogP contribution in [0.1, 0.15) is 38.1 Å². The number of rotatable bonds is 0. The number of H-pyrrole nitrogens is 1. The van der Waals surface area contributed by atoms with E-state index in [1.807, 2.05) is 6.33 Å². The van der Waals surface area contributed by atoms with Gasteiger partial charge in [-0.2, -0.15) is 0 Å². The first-order valence-corrected chi connectivity index (χ1v) is 7.33. The van der Waals surface area contributed by atoms with Crippen molar-refractivity contribution in [2.45, 2.75) is 38.6 Å². The quantitative estimate of drug-likeness (QED) is 0.710. The van der Waals surface area contributed by atoms with Crippen LogP contribution in [0.5, 0.6) is 0 Å². The van der Waals surface area contributed by atoms with Gasteiger partial charge in [-0.05, 0) is 20.3 Å². The number of aromatic nitrogens is 2. The number of hydrogen-bond acceptors (Lipinski definition) is 1. The second-order valence-corrected chi connectivity index (χ2v) is 6.99. The maximum Gasteiger partial charge on any atom is 0.104 e. The van der Waals surface area contributed by atoms with Gasteiger partial charge in [0.1, 0.15) is 5.54 Å². The first kappa shape index (κ1) is 11.5. The van der Waals surface area contributed by atoms with Crippen LogP contribution in [0.15, 0.2) is 24.2 Å². The number of nitrogens with one attached hydrogen (secondary N) is 1. The predicted octanol–water partition coefficient (Wildman–Crippen LogP) is 2.88. The third-order valence-electron chi connectivity index (χ3n) is 5.96. The summed E-state index contributed by atoms with van der Waals surface area (Å²) in [4.78, 5) is 7.92. The average molecular weight is 256 g/mol. The molecule has 1 fully saturated rings. The Labute approximate surface area is 114 Å². The van der Waals surface area contributed by atoms with Crippen molar-refractivity contribution in [1.82, 2.24) is 9.97 Å². The number of fused-ring (bicyclic) bond motifs is 3. The van der Waals surface area contributed by atoms with Crippen LogP contribution in [-0.2, 0) is 6.42 Å². The van der Waals surface area contributed by atoms with Crippen LogP contribution in [0.3, 0.4) is 0 Å². The molecule has 4 rings (SSSR count). The third-order valence-corrected chi connectivity index (χ3v) is 5.96. The maximum atomic E-state index is 4.57. The lowest BCUT2D eigenvalue weighted by atomic mass is 9.72. The molecule has 1 saturated heterocycles. The Morgan fingerprint density at radius 2 is 2.26 bits per heavy atom. The van der Waals surface area contributed by atoms with E-state index in [4.69, 9.17) is 0 Å². The fraction of sp³-hybridized carbons (Fsp3) is 0.562. The highest BCUT2D eigenvalue weighted by Gasteiger charge is 2.52. The Kier molecular flexibility index (Phi) is 2.05. The summed E-state index contributed by atoms with van der Waals surface area (Å²) in [5, 5.41) is 0. The van der Waals surface area contributed by atoms with Crippen LogP contribution in [0.2, 0.25) is 0 Å². The Morgan fingerprint density at radius 1 is 1.42 bits per heavy atom. The molecule has 1 aromatic heterocycles. The molecule has 0 unspecified atom stereocenters. The van der Waals surface area contributed by atoms with Gasteiger partial charge in [-0.1, -0.05) is 5.57 Å². The zero-order valence-corrected chi connectivity index (χ0v) is 12.0. The van der Waals surface area contributed by atoms with E-state index in [0.29, 0.717) is 5.92 Å². The standard InChI is InChI=1S/C16H22N3/c1-16(2)13-9-14-15(18-10-17-14)12-6-8-19(16,3)7-4-5-11(12)13/h6,8,10,13H,4-5,7,9H2,1-3H3,(H,17,18)/q+1/t13-,19+/m1/s1. The van der Waals surface area contributed by atoms with E-state index in [9.17, 15) is 0 Å². The summed E-state index contributed by atoms with van der Waals surface area (Å²) < 4.78 is 1.05. The maximum absolute atomic E-state index is 4.57. The molecular formula is C16H22N3+. The number of imidazole rings is 1. The van der Waals surface area contributed by atoms with Crippen molar-refractivity contribution in [3.8, 4) is 0 Å². The largest absolute Gasteiger partial charge is 0.348 e. The van der Waals surface area contributed by atoms with Gasteiger partial charge in [0.15, 0.2) is 0 Å². The Morgan fingerprint density at radius 3 is 3.11 bits per heavy atom. The van der Waals surface area contributed by atoms with E-state index in [0.717, 1.165) is 10.9 Å². The normalized spacial score (nSPS) is 35.0. The lowest BCUT2D eigenvalue weighted by Gasteiger charge is -2.47. The van der Waals surface area contributed by atoms with Crippen molar-refractivity contribution < 1.29 is 4.48 Å². The summed E-state index contributed by atoms with van der Waals surface area (Å²) in [6.07, 6.45) is 10.3. The topological polar surface area (TPSA) is 28.7 Å². The lowest BCUT2D eigenvalue weighted by Crippen LogP contribution is -2.58. The van der Waals surface area contributed by atoms with Crippen molar-refractivity contribution in [3.63, 3.8) is 0 Å². The number of aromatic amines is 1.